The predicted octanol–water partition coefficient (Wildman–Crippen LogP) is 4.23. The van der Waals surface area contributed by atoms with Crippen molar-refractivity contribution in [3.05, 3.63) is 57.8 Å². The van der Waals surface area contributed by atoms with Gasteiger partial charge in [0.05, 0.1) is 10.2 Å². The number of benzene rings is 1. The molecule has 0 unspecified atom stereocenters. The summed E-state index contributed by atoms with van der Waals surface area (Å²) in [6.45, 7) is 6.61. The van der Waals surface area contributed by atoms with E-state index in [1.165, 1.54) is 5.56 Å². The van der Waals surface area contributed by atoms with Crippen molar-refractivity contribution in [3.63, 3.8) is 0 Å². The fourth-order valence-corrected chi connectivity index (χ4v) is 2.54. The van der Waals surface area contributed by atoms with Crippen LogP contribution in [0.25, 0.3) is 0 Å². The number of nitrogens with one attached hydrogen (secondary N) is 1. The molecule has 0 aliphatic heterocycles. The van der Waals surface area contributed by atoms with E-state index in [-0.39, 0.29) is 0 Å². The Balaban J connectivity index is 1.96. The molecule has 2 aromatic rings. The molecule has 0 amide bonds. The minimum Gasteiger partial charge on any atom is -0.486 e. The van der Waals surface area contributed by atoms with Crippen LogP contribution in [0, 0.1) is 6.92 Å². The second-order valence-corrected chi connectivity index (χ2v) is 5.85. The number of pyridine rings is 1. The van der Waals surface area contributed by atoms with Gasteiger partial charge in [0.1, 0.15) is 12.4 Å². The van der Waals surface area contributed by atoms with Gasteiger partial charge in [0.25, 0.3) is 0 Å². The third kappa shape index (κ3) is 4.83. The van der Waals surface area contributed by atoms with Crippen molar-refractivity contribution in [1.29, 1.82) is 0 Å². The lowest BCUT2D eigenvalue weighted by Gasteiger charge is -2.11. The molecule has 4 heteroatoms. The molecule has 0 spiro atoms. The second-order valence-electron chi connectivity index (χ2n) is 5.00. The molecule has 0 bridgehead atoms. The first kappa shape index (κ1) is 16.0. The summed E-state index contributed by atoms with van der Waals surface area (Å²) in [4.78, 5) is 4.34. The molecular weight excluding hydrogens is 328 g/mol. The van der Waals surface area contributed by atoms with Gasteiger partial charge in [-0.1, -0.05) is 19.1 Å². The van der Waals surface area contributed by atoms with Gasteiger partial charge in [0, 0.05) is 12.7 Å². The van der Waals surface area contributed by atoms with Crippen LogP contribution in [-0.4, -0.2) is 11.5 Å². The lowest BCUT2D eigenvalue weighted by Crippen LogP contribution is -2.13. The molecule has 0 atom stereocenters. The van der Waals surface area contributed by atoms with Gasteiger partial charge in [-0.15, -0.1) is 0 Å². The molecule has 1 heterocycles. The van der Waals surface area contributed by atoms with Gasteiger partial charge in [0.15, 0.2) is 0 Å². The maximum Gasteiger partial charge on any atom is 0.134 e. The number of aryl methyl sites for hydroxylation is 1. The predicted molar refractivity (Wildman–Crippen MR) is 89.4 cm³/mol. The van der Waals surface area contributed by atoms with E-state index in [1.807, 2.05) is 25.1 Å². The first-order chi connectivity index (χ1) is 10.2. The van der Waals surface area contributed by atoms with Crippen LogP contribution in [0.3, 0.4) is 0 Å². The van der Waals surface area contributed by atoms with Gasteiger partial charge in [-0.3, -0.25) is 4.98 Å². The molecule has 1 aromatic carbocycles. The van der Waals surface area contributed by atoms with Gasteiger partial charge >= 0.3 is 0 Å². The van der Waals surface area contributed by atoms with Crippen molar-refractivity contribution in [1.82, 2.24) is 10.3 Å². The summed E-state index contributed by atoms with van der Waals surface area (Å²) >= 11 is 3.58. The number of rotatable bonds is 7. The number of ether oxygens (including phenoxy) is 1. The van der Waals surface area contributed by atoms with Crippen molar-refractivity contribution in [2.75, 3.05) is 6.54 Å². The zero-order valence-electron chi connectivity index (χ0n) is 12.5. The Labute approximate surface area is 134 Å². The van der Waals surface area contributed by atoms with Crippen LogP contribution < -0.4 is 10.1 Å². The van der Waals surface area contributed by atoms with Gasteiger partial charge in [-0.2, -0.15) is 0 Å². The Bertz CT molecular complexity index is 587. The summed E-state index contributed by atoms with van der Waals surface area (Å²) in [6.07, 6.45) is 2.94. The third-order valence-corrected chi connectivity index (χ3v) is 3.85. The van der Waals surface area contributed by atoms with Gasteiger partial charge < -0.3 is 10.1 Å². The molecule has 2 rings (SSSR count). The summed E-state index contributed by atoms with van der Waals surface area (Å²) in [6, 6.07) is 10.2. The average molecular weight is 349 g/mol. The quantitative estimate of drug-likeness (QED) is 0.760. The monoisotopic (exact) mass is 348 g/mol. The summed E-state index contributed by atoms with van der Waals surface area (Å²) < 4.78 is 6.83. The number of halogens is 1. The van der Waals surface area contributed by atoms with E-state index in [0.29, 0.717) is 6.61 Å². The van der Waals surface area contributed by atoms with E-state index in [1.54, 1.807) is 6.20 Å². The Morgan fingerprint density at radius 3 is 2.86 bits per heavy atom. The number of hydrogen-bond donors (Lipinski definition) is 1. The van der Waals surface area contributed by atoms with E-state index in [9.17, 15) is 0 Å². The largest absolute Gasteiger partial charge is 0.486 e. The minimum absolute atomic E-state index is 0.485. The summed E-state index contributed by atoms with van der Waals surface area (Å²) in [7, 11) is 0. The van der Waals surface area contributed by atoms with E-state index in [0.717, 1.165) is 41.0 Å². The van der Waals surface area contributed by atoms with E-state index >= 15 is 0 Å². The summed E-state index contributed by atoms with van der Waals surface area (Å²) in [5.41, 5.74) is 3.36. The van der Waals surface area contributed by atoms with Crippen LogP contribution in [0.5, 0.6) is 5.75 Å². The lowest BCUT2D eigenvalue weighted by molar-refractivity contribution is 0.298. The third-order valence-electron chi connectivity index (χ3n) is 3.23. The molecule has 3 nitrogen and oxygen atoms in total. The molecule has 0 saturated carbocycles. The maximum absolute atomic E-state index is 5.85. The topological polar surface area (TPSA) is 34.1 Å². The van der Waals surface area contributed by atoms with Crippen LogP contribution in [0.2, 0.25) is 0 Å². The lowest BCUT2D eigenvalue weighted by atomic mass is 10.2. The standard InChI is InChI=1S/C17H21BrN2O/c1-3-8-19-11-14-6-7-17(15(18)10-14)21-12-16-13(2)5-4-9-20-16/h4-7,9-10,19H,3,8,11-12H2,1-2H3. The highest BCUT2D eigenvalue weighted by atomic mass is 79.9. The van der Waals surface area contributed by atoms with Crippen LogP contribution in [0.15, 0.2) is 41.0 Å². The number of nitrogens with zero attached hydrogens (tertiary/aromatic N) is 1. The summed E-state index contributed by atoms with van der Waals surface area (Å²) in [5.74, 6) is 0.847. The Kier molecular flexibility index (Phi) is 6.21. The van der Waals surface area contributed by atoms with Crippen LogP contribution >= 0.6 is 15.9 Å². The highest BCUT2D eigenvalue weighted by Gasteiger charge is 2.05. The molecule has 1 aromatic heterocycles. The second kappa shape index (κ2) is 8.15. The molecule has 21 heavy (non-hydrogen) atoms. The SMILES string of the molecule is CCCNCc1ccc(OCc2ncccc2C)c(Br)c1. The van der Waals surface area contributed by atoms with Crippen molar-refractivity contribution in [2.45, 2.75) is 33.4 Å². The Morgan fingerprint density at radius 1 is 1.29 bits per heavy atom. The van der Waals surface area contributed by atoms with Crippen LogP contribution in [0.4, 0.5) is 0 Å². The van der Waals surface area contributed by atoms with Crippen molar-refractivity contribution >= 4 is 15.9 Å². The number of aromatic nitrogens is 1. The minimum atomic E-state index is 0.485. The van der Waals surface area contributed by atoms with E-state index in [4.69, 9.17) is 4.74 Å². The zero-order valence-corrected chi connectivity index (χ0v) is 14.1. The Morgan fingerprint density at radius 2 is 2.14 bits per heavy atom. The van der Waals surface area contributed by atoms with Gasteiger partial charge in [0.2, 0.25) is 0 Å². The van der Waals surface area contributed by atoms with Crippen molar-refractivity contribution in [3.8, 4) is 5.75 Å². The zero-order chi connectivity index (χ0) is 15.1. The molecule has 0 fully saturated rings. The normalized spacial score (nSPS) is 10.6. The first-order valence-corrected chi connectivity index (χ1v) is 8.02. The fraction of sp³-hybridized carbons (Fsp3) is 0.353. The van der Waals surface area contributed by atoms with Gasteiger partial charge in [-0.05, 0) is 65.1 Å². The highest BCUT2D eigenvalue weighted by molar-refractivity contribution is 9.10. The fourth-order valence-electron chi connectivity index (χ4n) is 2.00. The maximum atomic E-state index is 5.85. The highest BCUT2D eigenvalue weighted by Crippen LogP contribution is 2.27. The summed E-state index contributed by atoms with van der Waals surface area (Å²) in [5, 5.41) is 3.39. The molecular formula is C17H21BrN2O. The molecule has 0 radical (unpaired) electrons. The average Bonchev–Trinajstić information content (AvgIpc) is 2.48. The molecule has 0 saturated heterocycles. The Hall–Kier alpha value is -1.39. The molecule has 0 aliphatic carbocycles. The van der Waals surface area contributed by atoms with Crippen LogP contribution in [-0.2, 0) is 13.2 Å². The first-order valence-electron chi connectivity index (χ1n) is 7.23. The van der Waals surface area contributed by atoms with Crippen molar-refractivity contribution in [2.24, 2.45) is 0 Å². The number of hydrogen-bond acceptors (Lipinski definition) is 3. The van der Waals surface area contributed by atoms with E-state index in [2.05, 4.69) is 45.3 Å². The molecule has 0 aliphatic rings. The molecule has 112 valence electrons. The smallest absolute Gasteiger partial charge is 0.134 e. The van der Waals surface area contributed by atoms with Crippen LogP contribution in [0.1, 0.15) is 30.2 Å². The molecule has 1 N–H and O–H groups in total. The van der Waals surface area contributed by atoms with E-state index < -0.39 is 0 Å². The van der Waals surface area contributed by atoms with Crippen molar-refractivity contribution < 1.29 is 4.74 Å². The van der Waals surface area contributed by atoms with Gasteiger partial charge in [-0.25, -0.2) is 0 Å².